The van der Waals surface area contributed by atoms with Crippen molar-refractivity contribution in [2.24, 2.45) is 0 Å². The van der Waals surface area contributed by atoms with Gasteiger partial charge in [0.2, 0.25) is 0 Å². The van der Waals surface area contributed by atoms with Gasteiger partial charge in [-0.15, -0.1) is 0 Å². The lowest BCUT2D eigenvalue weighted by atomic mass is 10.0. The summed E-state index contributed by atoms with van der Waals surface area (Å²) < 4.78 is 17.1. The molecule has 0 rings (SSSR count). The van der Waals surface area contributed by atoms with Crippen LogP contribution in [0.3, 0.4) is 0 Å². The highest BCUT2D eigenvalue weighted by Gasteiger charge is 2.31. The Morgan fingerprint density at radius 2 is 1.13 bits per heavy atom. The fourth-order valence-corrected chi connectivity index (χ4v) is 5.27. The molecule has 0 heterocycles. The van der Waals surface area contributed by atoms with Gasteiger partial charge in [-0.1, -0.05) is 116 Å². The first kappa shape index (κ1) is 43.1. The number of aliphatic carboxylic acids is 1. The number of carboxylic acids is 1. The molecule has 0 amide bonds. The predicted molar refractivity (Wildman–Crippen MR) is 183 cm³/mol. The molecule has 0 aromatic heterocycles. The topological polar surface area (TPSA) is 99.1 Å². The molecule has 0 spiro atoms. The molecule has 0 saturated carbocycles. The first-order chi connectivity index (χ1) is 21.6. The van der Waals surface area contributed by atoms with Gasteiger partial charge in [-0.05, 0) is 32.1 Å². The number of likely N-dealkylation sites (N-methyl/N-ethyl adjacent to an activating group) is 1. The van der Waals surface area contributed by atoms with Crippen molar-refractivity contribution in [3.63, 3.8) is 0 Å². The van der Waals surface area contributed by atoms with Gasteiger partial charge < -0.3 is 23.8 Å². The molecule has 0 aliphatic heterocycles. The van der Waals surface area contributed by atoms with Crippen LogP contribution < -0.4 is 0 Å². The Balaban J connectivity index is 4.45. The molecule has 8 nitrogen and oxygen atoms in total. The van der Waals surface area contributed by atoms with Crippen LogP contribution in [0.25, 0.3) is 0 Å². The zero-order valence-electron chi connectivity index (χ0n) is 29.8. The van der Waals surface area contributed by atoms with E-state index < -0.39 is 18.1 Å². The van der Waals surface area contributed by atoms with Crippen LogP contribution >= 0.6 is 0 Å². The maximum absolute atomic E-state index is 12.5. The van der Waals surface area contributed by atoms with Crippen LogP contribution in [0.4, 0.5) is 0 Å². The number of unbranched alkanes of at least 4 members (excludes halogenated alkanes) is 16. The van der Waals surface area contributed by atoms with E-state index in [4.69, 9.17) is 14.2 Å². The molecule has 1 N–H and O–H groups in total. The zero-order chi connectivity index (χ0) is 33.6. The summed E-state index contributed by atoms with van der Waals surface area (Å²) in [5.41, 5.74) is 0. The predicted octanol–water partition coefficient (Wildman–Crippen LogP) is 8.80. The van der Waals surface area contributed by atoms with Gasteiger partial charge in [0.15, 0.2) is 12.1 Å². The largest absolute Gasteiger partial charge is 0.477 e. The highest BCUT2D eigenvalue weighted by molar-refractivity contribution is 5.72. The third-order valence-corrected chi connectivity index (χ3v) is 8.16. The average molecular weight is 641 g/mol. The number of esters is 2. The van der Waals surface area contributed by atoms with E-state index in [1.807, 2.05) is 21.1 Å². The van der Waals surface area contributed by atoms with Crippen molar-refractivity contribution in [3.8, 4) is 0 Å². The van der Waals surface area contributed by atoms with Crippen molar-refractivity contribution in [2.45, 2.75) is 167 Å². The van der Waals surface area contributed by atoms with Crippen LogP contribution in [0.5, 0.6) is 0 Å². The normalized spacial score (nSPS) is 13.2. The summed E-state index contributed by atoms with van der Waals surface area (Å²) in [6.07, 6.45) is 26.9. The number of ether oxygens (including phenoxy) is 3. The number of rotatable bonds is 32. The number of nitrogens with zero attached hydrogens (tertiary/aromatic N) is 1. The molecule has 0 saturated heterocycles. The minimum atomic E-state index is -0.879. The Labute approximate surface area is 276 Å². The standard InChI is InChI=1S/C37H69NO7/c1-6-8-10-12-14-16-17-18-20-21-23-25-27-35(39)44-32-33(31-43-30-29-34(37(41)42)38(3,4)5)45-36(40)28-26-24-22-19-15-13-11-9-7-2/h19,22,33-34H,6-18,20-21,23-32H2,1-5H3/p+1/b22-19+. The Bertz CT molecular complexity index is 762. The smallest absolute Gasteiger partial charge is 0.362 e. The summed E-state index contributed by atoms with van der Waals surface area (Å²) in [5.74, 6) is -1.51. The Kier molecular flexibility index (Phi) is 28.2. The van der Waals surface area contributed by atoms with Crippen LogP contribution in [0, 0.1) is 0 Å². The maximum atomic E-state index is 12.5. The van der Waals surface area contributed by atoms with E-state index in [2.05, 4.69) is 26.0 Å². The van der Waals surface area contributed by atoms with Gasteiger partial charge in [0.25, 0.3) is 0 Å². The number of carboxylic acid groups (broad SMARTS) is 1. The zero-order valence-corrected chi connectivity index (χ0v) is 29.8. The van der Waals surface area contributed by atoms with Crippen LogP contribution in [-0.2, 0) is 28.6 Å². The molecule has 0 radical (unpaired) electrons. The molecular formula is C37H70NO7+. The third-order valence-electron chi connectivity index (χ3n) is 8.16. The lowest BCUT2D eigenvalue weighted by Crippen LogP contribution is -2.50. The van der Waals surface area contributed by atoms with Crippen LogP contribution in [0.1, 0.15) is 155 Å². The second kappa shape index (κ2) is 29.5. The van der Waals surface area contributed by atoms with E-state index in [0.717, 1.165) is 32.1 Å². The molecule has 8 heteroatoms. The first-order valence-electron chi connectivity index (χ1n) is 18.2. The summed E-state index contributed by atoms with van der Waals surface area (Å²) in [6.45, 7) is 4.66. The van der Waals surface area contributed by atoms with E-state index >= 15 is 0 Å². The first-order valence-corrected chi connectivity index (χ1v) is 18.2. The van der Waals surface area contributed by atoms with Gasteiger partial charge in [-0.2, -0.15) is 0 Å². The SMILES string of the molecule is CCCCCC/C=C/CCCC(=O)OC(COCCC(C(=O)O)[N+](C)(C)C)COC(=O)CCCCCCCCCCCCCC. The Hall–Kier alpha value is -1.93. The van der Waals surface area contributed by atoms with Crippen LogP contribution in [-0.4, -0.2) is 80.6 Å². The van der Waals surface area contributed by atoms with Crippen molar-refractivity contribution in [1.29, 1.82) is 0 Å². The quantitative estimate of drug-likeness (QED) is 0.0339. The van der Waals surface area contributed by atoms with Gasteiger partial charge >= 0.3 is 17.9 Å². The highest BCUT2D eigenvalue weighted by atomic mass is 16.6. The molecule has 0 aromatic rings. The number of hydrogen-bond donors (Lipinski definition) is 1. The van der Waals surface area contributed by atoms with E-state index in [1.54, 1.807) is 0 Å². The Morgan fingerprint density at radius 1 is 0.644 bits per heavy atom. The average Bonchev–Trinajstić information content (AvgIpc) is 2.98. The fraction of sp³-hybridized carbons (Fsp3) is 0.865. The molecule has 0 aliphatic rings. The summed E-state index contributed by atoms with van der Waals surface area (Å²) in [6, 6.07) is -0.612. The maximum Gasteiger partial charge on any atom is 0.362 e. The highest BCUT2D eigenvalue weighted by Crippen LogP contribution is 2.14. The molecule has 264 valence electrons. The van der Waals surface area contributed by atoms with E-state index in [1.165, 1.54) is 83.5 Å². The monoisotopic (exact) mass is 641 g/mol. The van der Waals surface area contributed by atoms with Crippen molar-refractivity contribution in [3.05, 3.63) is 12.2 Å². The van der Waals surface area contributed by atoms with E-state index in [-0.39, 0.29) is 42.7 Å². The Morgan fingerprint density at radius 3 is 1.67 bits per heavy atom. The summed E-state index contributed by atoms with van der Waals surface area (Å²) in [5, 5.41) is 9.55. The van der Waals surface area contributed by atoms with Gasteiger partial charge in [-0.3, -0.25) is 9.59 Å². The minimum absolute atomic E-state index is 0.0543. The van der Waals surface area contributed by atoms with E-state index in [9.17, 15) is 19.5 Å². The van der Waals surface area contributed by atoms with Crippen molar-refractivity contribution >= 4 is 17.9 Å². The minimum Gasteiger partial charge on any atom is -0.477 e. The number of quaternary nitrogens is 1. The lowest BCUT2D eigenvalue weighted by Gasteiger charge is -2.31. The summed E-state index contributed by atoms with van der Waals surface area (Å²) >= 11 is 0. The van der Waals surface area contributed by atoms with Crippen LogP contribution in [0.15, 0.2) is 12.2 Å². The van der Waals surface area contributed by atoms with E-state index in [0.29, 0.717) is 19.3 Å². The molecular weight excluding hydrogens is 570 g/mol. The fourth-order valence-electron chi connectivity index (χ4n) is 5.27. The molecule has 45 heavy (non-hydrogen) atoms. The number of hydrogen-bond acceptors (Lipinski definition) is 6. The lowest BCUT2D eigenvalue weighted by molar-refractivity contribution is -0.887. The van der Waals surface area contributed by atoms with Crippen molar-refractivity contribution in [2.75, 3.05) is 41.0 Å². The number of carbonyl (C=O) groups is 3. The van der Waals surface area contributed by atoms with Crippen molar-refractivity contribution in [1.82, 2.24) is 0 Å². The van der Waals surface area contributed by atoms with Crippen LogP contribution in [0.2, 0.25) is 0 Å². The molecule has 0 aliphatic carbocycles. The molecule has 2 atom stereocenters. The van der Waals surface area contributed by atoms with Gasteiger partial charge in [-0.25, -0.2) is 4.79 Å². The van der Waals surface area contributed by atoms with Gasteiger partial charge in [0.1, 0.15) is 6.61 Å². The van der Waals surface area contributed by atoms with Gasteiger partial charge in [0, 0.05) is 19.3 Å². The molecule has 0 aromatic carbocycles. The summed E-state index contributed by atoms with van der Waals surface area (Å²) in [7, 11) is 5.50. The van der Waals surface area contributed by atoms with Gasteiger partial charge in [0.05, 0.1) is 34.4 Å². The second-order valence-corrected chi connectivity index (χ2v) is 13.5. The third kappa shape index (κ3) is 28.1. The molecule has 0 fully saturated rings. The molecule has 0 bridgehead atoms. The molecule has 2 unspecified atom stereocenters. The van der Waals surface area contributed by atoms with Crippen molar-refractivity contribution < 1.29 is 38.2 Å². The second-order valence-electron chi connectivity index (χ2n) is 13.5. The number of allylic oxidation sites excluding steroid dienone is 2. The number of carbonyl (C=O) groups excluding carboxylic acids is 2. The summed E-state index contributed by atoms with van der Waals surface area (Å²) in [4.78, 5) is 36.6.